The number of aryl methyl sites for hydroxylation is 2. The highest BCUT2D eigenvalue weighted by molar-refractivity contribution is 7.90. The normalized spacial score (nSPS) is 11.4. The van der Waals surface area contributed by atoms with Crippen molar-refractivity contribution in [1.29, 1.82) is 0 Å². The molecule has 8 heteroatoms. The summed E-state index contributed by atoms with van der Waals surface area (Å²) in [5.74, 6) is -0.368. The van der Waals surface area contributed by atoms with Gasteiger partial charge in [0.25, 0.3) is 0 Å². The van der Waals surface area contributed by atoms with Gasteiger partial charge in [0, 0.05) is 40.4 Å². The summed E-state index contributed by atoms with van der Waals surface area (Å²) in [5.41, 5.74) is 4.22. The molecule has 2 rings (SSSR count). The van der Waals surface area contributed by atoms with E-state index in [1.54, 1.807) is 6.07 Å². The van der Waals surface area contributed by atoms with Crippen molar-refractivity contribution in [3.8, 4) is 0 Å². The van der Waals surface area contributed by atoms with Gasteiger partial charge in [0.15, 0.2) is 0 Å². The Hall–Kier alpha value is -2.58. The number of rotatable bonds is 8. The summed E-state index contributed by atoms with van der Waals surface area (Å²) < 4.78 is 28.0. The molecule has 0 atom stereocenters. The Balaban J connectivity index is 2.18. The average molecular weight is 419 g/mol. The Morgan fingerprint density at radius 2 is 1.59 bits per heavy atom. The molecule has 1 N–H and O–H groups in total. The van der Waals surface area contributed by atoms with Crippen LogP contribution in [0.2, 0.25) is 0 Å². The summed E-state index contributed by atoms with van der Waals surface area (Å²) in [4.78, 5) is 14.6. The van der Waals surface area contributed by atoms with E-state index in [4.69, 9.17) is 0 Å². The molecule has 158 valence electrons. The van der Waals surface area contributed by atoms with Crippen molar-refractivity contribution < 1.29 is 13.2 Å². The molecule has 2 aromatic carbocycles. The Morgan fingerprint density at radius 3 is 2.14 bits per heavy atom. The van der Waals surface area contributed by atoms with E-state index < -0.39 is 10.2 Å². The van der Waals surface area contributed by atoms with Crippen LogP contribution in [0.5, 0.6) is 0 Å². The van der Waals surface area contributed by atoms with Crippen LogP contribution in [0.1, 0.15) is 16.7 Å². The summed E-state index contributed by atoms with van der Waals surface area (Å²) in [5, 5.41) is 2.82. The SMILES string of the molecule is Cc1ccc(C)c(N(CC(=O)NCc2ccc(N(C)C)cc2)S(=O)(=O)N(C)C)c1. The van der Waals surface area contributed by atoms with Gasteiger partial charge in [-0.1, -0.05) is 24.3 Å². The lowest BCUT2D eigenvalue weighted by atomic mass is 10.1. The van der Waals surface area contributed by atoms with Crippen molar-refractivity contribution in [2.24, 2.45) is 0 Å². The fourth-order valence-electron chi connectivity index (χ4n) is 2.78. The zero-order valence-corrected chi connectivity index (χ0v) is 18.7. The van der Waals surface area contributed by atoms with Gasteiger partial charge < -0.3 is 10.2 Å². The average Bonchev–Trinajstić information content (AvgIpc) is 2.66. The molecule has 0 bridgehead atoms. The van der Waals surface area contributed by atoms with Gasteiger partial charge in [0.1, 0.15) is 6.54 Å². The third kappa shape index (κ3) is 5.71. The molecule has 0 saturated carbocycles. The third-order valence-electron chi connectivity index (χ3n) is 4.60. The predicted molar refractivity (Wildman–Crippen MR) is 118 cm³/mol. The zero-order valence-electron chi connectivity index (χ0n) is 17.9. The number of nitrogens with one attached hydrogen (secondary N) is 1. The van der Waals surface area contributed by atoms with Gasteiger partial charge in [-0.2, -0.15) is 12.7 Å². The van der Waals surface area contributed by atoms with Crippen LogP contribution in [0.4, 0.5) is 11.4 Å². The smallest absolute Gasteiger partial charge is 0.304 e. The highest BCUT2D eigenvalue weighted by atomic mass is 32.2. The van der Waals surface area contributed by atoms with Gasteiger partial charge >= 0.3 is 10.2 Å². The molecule has 0 heterocycles. The van der Waals surface area contributed by atoms with Crippen LogP contribution in [0, 0.1) is 13.8 Å². The Bertz CT molecular complexity index is 954. The molecule has 0 radical (unpaired) electrons. The molecular weight excluding hydrogens is 388 g/mol. The number of amides is 1. The first-order valence-corrected chi connectivity index (χ1v) is 10.7. The molecular formula is C21H30N4O3S. The summed E-state index contributed by atoms with van der Waals surface area (Å²) in [6.07, 6.45) is 0. The Morgan fingerprint density at radius 1 is 0.966 bits per heavy atom. The van der Waals surface area contributed by atoms with Crippen LogP contribution >= 0.6 is 0 Å². The molecule has 0 unspecified atom stereocenters. The number of carbonyl (C=O) groups excluding carboxylic acids is 1. The molecule has 0 fully saturated rings. The van der Waals surface area contributed by atoms with Crippen molar-refractivity contribution in [3.63, 3.8) is 0 Å². The lowest BCUT2D eigenvalue weighted by molar-refractivity contribution is -0.119. The van der Waals surface area contributed by atoms with E-state index in [2.05, 4.69) is 5.32 Å². The van der Waals surface area contributed by atoms with E-state index in [-0.39, 0.29) is 12.5 Å². The van der Waals surface area contributed by atoms with Crippen molar-refractivity contribution >= 4 is 27.5 Å². The number of carbonyl (C=O) groups is 1. The predicted octanol–water partition coefficient (Wildman–Crippen LogP) is 2.30. The van der Waals surface area contributed by atoms with Gasteiger partial charge in [0.2, 0.25) is 5.91 Å². The maximum atomic E-state index is 12.9. The summed E-state index contributed by atoms with van der Waals surface area (Å²) in [6.45, 7) is 3.76. The van der Waals surface area contributed by atoms with Crippen LogP contribution in [0.25, 0.3) is 0 Å². The van der Waals surface area contributed by atoms with Crippen LogP contribution in [-0.4, -0.2) is 53.4 Å². The fourth-order valence-corrected chi connectivity index (χ4v) is 3.90. The fraction of sp³-hybridized carbons (Fsp3) is 0.381. The topological polar surface area (TPSA) is 73.0 Å². The van der Waals surface area contributed by atoms with Crippen molar-refractivity contribution in [2.45, 2.75) is 20.4 Å². The second-order valence-electron chi connectivity index (χ2n) is 7.42. The molecule has 0 aliphatic rings. The standard InChI is InChI=1S/C21H30N4O3S/c1-16-7-8-17(2)20(13-16)25(29(27,28)24(5)6)15-21(26)22-14-18-9-11-19(12-10-18)23(3)4/h7-13H,14-15H2,1-6H3,(H,22,26). The van der Waals surface area contributed by atoms with Crippen LogP contribution in [-0.2, 0) is 21.5 Å². The minimum atomic E-state index is -3.82. The van der Waals surface area contributed by atoms with Gasteiger partial charge in [-0.15, -0.1) is 0 Å². The number of hydrogen-bond acceptors (Lipinski definition) is 4. The van der Waals surface area contributed by atoms with Gasteiger partial charge in [-0.25, -0.2) is 4.31 Å². The van der Waals surface area contributed by atoms with Crippen LogP contribution < -0.4 is 14.5 Å². The molecule has 0 saturated heterocycles. The lowest BCUT2D eigenvalue weighted by Crippen LogP contribution is -2.46. The first-order chi connectivity index (χ1) is 13.5. The monoisotopic (exact) mass is 418 g/mol. The maximum Gasteiger partial charge on any atom is 0.304 e. The minimum absolute atomic E-state index is 0.291. The number of nitrogens with zero attached hydrogens (tertiary/aromatic N) is 3. The molecule has 2 aromatic rings. The van der Waals surface area contributed by atoms with Crippen molar-refractivity contribution in [1.82, 2.24) is 9.62 Å². The van der Waals surface area contributed by atoms with Gasteiger partial charge in [-0.3, -0.25) is 4.79 Å². The summed E-state index contributed by atoms with van der Waals surface area (Å²) in [6, 6.07) is 13.4. The lowest BCUT2D eigenvalue weighted by Gasteiger charge is -2.28. The van der Waals surface area contributed by atoms with E-state index in [0.717, 1.165) is 31.0 Å². The molecule has 0 aliphatic heterocycles. The molecule has 0 aromatic heterocycles. The molecule has 7 nitrogen and oxygen atoms in total. The number of benzene rings is 2. The minimum Gasteiger partial charge on any atom is -0.378 e. The molecule has 29 heavy (non-hydrogen) atoms. The van der Waals surface area contributed by atoms with Crippen molar-refractivity contribution in [2.75, 3.05) is 43.9 Å². The van der Waals surface area contributed by atoms with Gasteiger partial charge in [-0.05, 0) is 48.7 Å². The quantitative estimate of drug-likeness (QED) is 0.714. The second kappa shape index (κ2) is 9.28. The van der Waals surface area contributed by atoms with Crippen molar-refractivity contribution in [3.05, 3.63) is 59.2 Å². The zero-order chi connectivity index (χ0) is 21.8. The number of hydrogen-bond donors (Lipinski definition) is 1. The first kappa shape index (κ1) is 22.7. The van der Waals surface area contributed by atoms with E-state index >= 15 is 0 Å². The Kier molecular flexibility index (Phi) is 7.26. The number of anilines is 2. The first-order valence-electron chi connectivity index (χ1n) is 9.32. The maximum absolute atomic E-state index is 12.9. The summed E-state index contributed by atoms with van der Waals surface area (Å²) in [7, 11) is 3.01. The van der Waals surface area contributed by atoms with Crippen LogP contribution in [0.3, 0.4) is 0 Å². The van der Waals surface area contributed by atoms with Crippen LogP contribution in [0.15, 0.2) is 42.5 Å². The molecule has 0 aliphatic carbocycles. The van der Waals surface area contributed by atoms with Gasteiger partial charge in [0.05, 0.1) is 5.69 Å². The van der Waals surface area contributed by atoms with E-state index in [0.29, 0.717) is 12.2 Å². The second-order valence-corrected chi connectivity index (χ2v) is 9.49. The largest absolute Gasteiger partial charge is 0.378 e. The highest BCUT2D eigenvalue weighted by Gasteiger charge is 2.28. The highest BCUT2D eigenvalue weighted by Crippen LogP contribution is 2.25. The Labute approximate surface area is 174 Å². The van der Waals surface area contributed by atoms with E-state index in [9.17, 15) is 13.2 Å². The van der Waals surface area contributed by atoms with E-state index in [1.807, 2.05) is 69.2 Å². The summed E-state index contributed by atoms with van der Waals surface area (Å²) >= 11 is 0. The molecule has 0 spiro atoms. The molecule has 1 amide bonds. The van der Waals surface area contributed by atoms with E-state index in [1.165, 1.54) is 14.1 Å². The third-order valence-corrected chi connectivity index (χ3v) is 6.41.